The first-order valence-electron chi connectivity index (χ1n) is 11.0. The first-order valence-corrected chi connectivity index (χ1v) is 11.4. The average Bonchev–Trinajstić information content (AvgIpc) is 3.19. The van der Waals surface area contributed by atoms with Gasteiger partial charge in [-0.1, -0.05) is 67.4 Å². The molecule has 3 aromatic carbocycles. The summed E-state index contributed by atoms with van der Waals surface area (Å²) in [5, 5.41) is 0.373. The number of aryl methyl sites for hydroxylation is 1. The Morgan fingerprint density at radius 1 is 1.06 bits per heavy atom. The zero-order valence-corrected chi connectivity index (χ0v) is 20.3. The second kappa shape index (κ2) is 10.1. The van der Waals surface area contributed by atoms with Crippen LogP contribution in [-0.2, 0) is 16.1 Å². The number of hydrogen-bond acceptors (Lipinski definition) is 5. The molecule has 0 amide bonds. The standard InChI is InChI=1S/C28H26ClNO4/c1-17(2)21-9-11-22(12-10-21)27-30-24(28(31)34-27)14-20-13-23(29)26(25(15-20)32-4)33-16-19-7-5-18(3)6-8-19/h5-15,17H,16H2,1-4H3/b24-14-. The summed E-state index contributed by atoms with van der Waals surface area (Å²) in [4.78, 5) is 16.8. The number of carbonyl (C=O) groups is 1. The van der Waals surface area contributed by atoms with Gasteiger partial charge in [0.15, 0.2) is 17.2 Å². The van der Waals surface area contributed by atoms with Crippen molar-refractivity contribution in [3.8, 4) is 11.5 Å². The number of esters is 1. The number of benzene rings is 3. The van der Waals surface area contributed by atoms with Crippen molar-refractivity contribution in [3.05, 3.63) is 99.2 Å². The van der Waals surface area contributed by atoms with Gasteiger partial charge in [-0.25, -0.2) is 9.79 Å². The van der Waals surface area contributed by atoms with Gasteiger partial charge in [-0.15, -0.1) is 0 Å². The maximum absolute atomic E-state index is 12.4. The molecule has 3 aromatic rings. The third-order valence-electron chi connectivity index (χ3n) is 5.50. The Bertz CT molecular complexity index is 1260. The maximum Gasteiger partial charge on any atom is 0.363 e. The molecule has 5 nitrogen and oxygen atoms in total. The Morgan fingerprint density at radius 2 is 1.76 bits per heavy atom. The summed E-state index contributed by atoms with van der Waals surface area (Å²) in [6.45, 7) is 6.64. The Balaban J connectivity index is 1.56. The van der Waals surface area contributed by atoms with Crippen molar-refractivity contribution in [3.63, 3.8) is 0 Å². The maximum atomic E-state index is 12.4. The highest BCUT2D eigenvalue weighted by Gasteiger charge is 2.24. The summed E-state index contributed by atoms with van der Waals surface area (Å²) in [6, 6.07) is 19.4. The summed E-state index contributed by atoms with van der Waals surface area (Å²) in [5.41, 5.74) is 4.99. The van der Waals surface area contributed by atoms with Gasteiger partial charge in [0, 0.05) is 5.56 Å². The number of halogens is 1. The summed E-state index contributed by atoms with van der Waals surface area (Å²) < 4.78 is 16.8. The van der Waals surface area contributed by atoms with Crippen LogP contribution in [0, 0.1) is 6.92 Å². The highest BCUT2D eigenvalue weighted by atomic mass is 35.5. The number of aliphatic imine (C=N–C) groups is 1. The SMILES string of the molecule is COc1cc(/C=C2\N=C(c3ccc(C(C)C)cc3)OC2=O)cc(Cl)c1OCc1ccc(C)cc1. The monoisotopic (exact) mass is 475 g/mol. The molecule has 0 spiro atoms. The molecule has 174 valence electrons. The van der Waals surface area contributed by atoms with Gasteiger partial charge in [-0.2, -0.15) is 0 Å². The number of rotatable bonds is 7. The van der Waals surface area contributed by atoms with E-state index in [4.69, 9.17) is 25.8 Å². The Hall–Kier alpha value is -3.57. The molecule has 34 heavy (non-hydrogen) atoms. The van der Waals surface area contributed by atoms with Gasteiger partial charge in [0.25, 0.3) is 0 Å². The van der Waals surface area contributed by atoms with Crippen molar-refractivity contribution in [1.82, 2.24) is 0 Å². The van der Waals surface area contributed by atoms with E-state index in [9.17, 15) is 4.79 Å². The van der Waals surface area contributed by atoms with Crippen LogP contribution in [0.3, 0.4) is 0 Å². The van der Waals surface area contributed by atoms with Crippen molar-refractivity contribution in [2.45, 2.75) is 33.3 Å². The molecule has 0 atom stereocenters. The van der Waals surface area contributed by atoms with Crippen molar-refractivity contribution >= 4 is 29.5 Å². The van der Waals surface area contributed by atoms with Gasteiger partial charge in [0.2, 0.25) is 5.90 Å². The molecule has 0 saturated carbocycles. The first-order chi connectivity index (χ1) is 16.3. The number of nitrogens with zero attached hydrogens (tertiary/aromatic N) is 1. The van der Waals surface area contributed by atoms with Crippen LogP contribution in [0.25, 0.3) is 6.08 Å². The van der Waals surface area contributed by atoms with E-state index in [-0.39, 0.29) is 11.6 Å². The number of cyclic esters (lactones) is 1. The van der Waals surface area contributed by atoms with E-state index in [0.717, 1.165) is 11.1 Å². The van der Waals surface area contributed by atoms with Gasteiger partial charge < -0.3 is 14.2 Å². The lowest BCUT2D eigenvalue weighted by Gasteiger charge is -2.13. The van der Waals surface area contributed by atoms with Gasteiger partial charge in [0.05, 0.1) is 12.1 Å². The van der Waals surface area contributed by atoms with E-state index < -0.39 is 5.97 Å². The first kappa shape index (κ1) is 23.6. The number of hydrogen-bond donors (Lipinski definition) is 0. The second-order valence-electron chi connectivity index (χ2n) is 8.42. The summed E-state index contributed by atoms with van der Waals surface area (Å²) >= 11 is 6.51. The van der Waals surface area contributed by atoms with Crippen LogP contribution in [0.1, 0.15) is 47.6 Å². The molecular formula is C28H26ClNO4. The Kier molecular flexibility index (Phi) is 7.03. The average molecular weight is 476 g/mol. The quantitative estimate of drug-likeness (QED) is 0.281. The van der Waals surface area contributed by atoms with E-state index >= 15 is 0 Å². The summed E-state index contributed by atoms with van der Waals surface area (Å²) in [6.07, 6.45) is 1.62. The second-order valence-corrected chi connectivity index (χ2v) is 8.83. The topological polar surface area (TPSA) is 57.1 Å². The normalized spacial score (nSPS) is 14.4. The third-order valence-corrected chi connectivity index (χ3v) is 5.78. The van der Waals surface area contributed by atoms with E-state index in [1.807, 2.05) is 55.5 Å². The molecule has 0 radical (unpaired) electrons. The minimum Gasteiger partial charge on any atom is -0.493 e. The Labute approximate surface area is 204 Å². The minimum atomic E-state index is -0.516. The molecule has 1 aliphatic rings. The van der Waals surface area contributed by atoms with Gasteiger partial charge in [0.1, 0.15) is 6.61 Å². The van der Waals surface area contributed by atoms with Crippen LogP contribution >= 0.6 is 11.6 Å². The van der Waals surface area contributed by atoms with Crippen LogP contribution in [0.5, 0.6) is 11.5 Å². The van der Waals surface area contributed by atoms with E-state index in [1.54, 1.807) is 25.3 Å². The number of methoxy groups -OCH3 is 1. The Morgan fingerprint density at radius 3 is 2.41 bits per heavy atom. The van der Waals surface area contributed by atoms with E-state index in [0.29, 0.717) is 34.6 Å². The van der Waals surface area contributed by atoms with E-state index in [1.165, 1.54) is 11.1 Å². The van der Waals surface area contributed by atoms with Crippen LogP contribution in [0.4, 0.5) is 0 Å². The predicted octanol–water partition coefficient (Wildman–Crippen LogP) is 6.70. The molecular weight excluding hydrogens is 450 g/mol. The smallest absolute Gasteiger partial charge is 0.363 e. The fourth-order valence-corrected chi connectivity index (χ4v) is 3.78. The van der Waals surface area contributed by atoms with Gasteiger partial charge >= 0.3 is 5.97 Å². The van der Waals surface area contributed by atoms with E-state index in [2.05, 4.69) is 18.8 Å². The minimum absolute atomic E-state index is 0.189. The third kappa shape index (κ3) is 5.32. The molecule has 0 saturated heterocycles. The molecule has 0 unspecified atom stereocenters. The van der Waals surface area contributed by atoms with Crippen molar-refractivity contribution in [2.75, 3.05) is 7.11 Å². The summed E-state index contributed by atoms with van der Waals surface area (Å²) in [7, 11) is 1.54. The lowest BCUT2D eigenvalue weighted by atomic mass is 10.0. The number of carbonyl (C=O) groups excluding carboxylic acids is 1. The fraction of sp³-hybridized carbons (Fsp3) is 0.214. The number of ether oxygens (including phenoxy) is 3. The van der Waals surface area contributed by atoms with Gasteiger partial charge in [-0.05, 0) is 59.9 Å². The van der Waals surface area contributed by atoms with Crippen LogP contribution in [0.15, 0.2) is 71.4 Å². The van der Waals surface area contributed by atoms with Crippen molar-refractivity contribution < 1.29 is 19.0 Å². The fourth-order valence-electron chi connectivity index (χ4n) is 3.50. The molecule has 0 N–H and O–H groups in total. The highest BCUT2D eigenvalue weighted by Crippen LogP contribution is 2.38. The largest absolute Gasteiger partial charge is 0.493 e. The van der Waals surface area contributed by atoms with Crippen molar-refractivity contribution in [1.29, 1.82) is 0 Å². The van der Waals surface area contributed by atoms with Crippen molar-refractivity contribution in [2.24, 2.45) is 4.99 Å². The predicted molar refractivity (Wildman–Crippen MR) is 135 cm³/mol. The molecule has 0 aliphatic carbocycles. The molecule has 1 heterocycles. The lowest BCUT2D eigenvalue weighted by molar-refractivity contribution is -0.129. The zero-order valence-electron chi connectivity index (χ0n) is 19.6. The van der Waals surface area contributed by atoms with Crippen LogP contribution < -0.4 is 9.47 Å². The zero-order chi connectivity index (χ0) is 24.2. The molecule has 0 fully saturated rings. The molecule has 0 aromatic heterocycles. The van der Waals surface area contributed by atoms with Gasteiger partial charge in [-0.3, -0.25) is 0 Å². The van der Waals surface area contributed by atoms with Crippen LogP contribution in [0.2, 0.25) is 5.02 Å². The lowest BCUT2D eigenvalue weighted by Crippen LogP contribution is -2.05. The summed E-state index contributed by atoms with van der Waals surface area (Å²) in [5.74, 6) is 1.09. The molecule has 0 bridgehead atoms. The molecule has 6 heteroatoms. The highest BCUT2D eigenvalue weighted by molar-refractivity contribution is 6.32. The van der Waals surface area contributed by atoms with Crippen LogP contribution in [-0.4, -0.2) is 19.0 Å². The molecule has 4 rings (SSSR count). The molecule has 1 aliphatic heterocycles.